The molecule has 2 aromatic heterocycles. The van der Waals surface area contributed by atoms with E-state index in [0.717, 1.165) is 11.2 Å². The summed E-state index contributed by atoms with van der Waals surface area (Å²) in [5.41, 5.74) is 2.19. The molecule has 1 amide bonds. The van der Waals surface area contributed by atoms with Crippen LogP contribution in [0, 0.1) is 5.82 Å². The summed E-state index contributed by atoms with van der Waals surface area (Å²) in [6.45, 7) is 0.296. The molecule has 2 heterocycles. The van der Waals surface area contributed by atoms with Gasteiger partial charge in [-0.2, -0.15) is 0 Å². The lowest BCUT2D eigenvalue weighted by Crippen LogP contribution is -2.20. The summed E-state index contributed by atoms with van der Waals surface area (Å²) in [7, 11) is 0. The van der Waals surface area contributed by atoms with Gasteiger partial charge in [0, 0.05) is 12.3 Å². The van der Waals surface area contributed by atoms with Crippen LogP contribution in [0.25, 0.3) is 11.7 Å². The van der Waals surface area contributed by atoms with Crippen molar-refractivity contribution in [3.05, 3.63) is 77.0 Å². The summed E-state index contributed by atoms with van der Waals surface area (Å²) in [6, 6.07) is 11.3. The van der Waals surface area contributed by atoms with Crippen LogP contribution >= 0.6 is 11.6 Å². The van der Waals surface area contributed by atoms with Crippen molar-refractivity contribution in [2.45, 2.75) is 6.54 Å². The Kier molecular flexibility index (Phi) is 4.39. The van der Waals surface area contributed by atoms with Crippen LogP contribution in [0.2, 0.25) is 5.15 Å². The minimum Gasteiger partial charge on any atom is -0.347 e. The van der Waals surface area contributed by atoms with Gasteiger partial charge in [0.05, 0.1) is 12.2 Å². The van der Waals surface area contributed by atoms with Crippen LogP contribution in [0.5, 0.6) is 0 Å². The minimum absolute atomic E-state index is 0.252. The van der Waals surface area contributed by atoms with Gasteiger partial charge in [-0.05, 0) is 35.9 Å². The number of aromatic nitrogens is 2. The van der Waals surface area contributed by atoms with E-state index >= 15 is 0 Å². The monoisotopic (exact) mass is 329 g/mol. The van der Waals surface area contributed by atoms with Gasteiger partial charge in [0.15, 0.2) is 0 Å². The lowest BCUT2D eigenvalue weighted by atomic mass is 10.2. The zero-order valence-corrected chi connectivity index (χ0v) is 12.8. The van der Waals surface area contributed by atoms with Crippen LogP contribution in [0.4, 0.5) is 4.39 Å². The number of halogens is 2. The Labute approximate surface area is 137 Å². The zero-order valence-electron chi connectivity index (χ0n) is 12.0. The number of benzene rings is 1. The van der Waals surface area contributed by atoms with Crippen molar-refractivity contribution in [2.24, 2.45) is 0 Å². The van der Waals surface area contributed by atoms with E-state index in [2.05, 4.69) is 10.3 Å². The Bertz CT molecular complexity index is 871. The van der Waals surface area contributed by atoms with Crippen LogP contribution in [0.15, 0.2) is 54.7 Å². The van der Waals surface area contributed by atoms with Gasteiger partial charge in [0.25, 0.3) is 0 Å². The molecule has 23 heavy (non-hydrogen) atoms. The first-order valence-corrected chi connectivity index (χ1v) is 7.33. The molecule has 0 spiro atoms. The Hall–Kier alpha value is -2.66. The van der Waals surface area contributed by atoms with E-state index in [1.165, 1.54) is 18.2 Å². The Morgan fingerprint density at radius 2 is 2.04 bits per heavy atom. The van der Waals surface area contributed by atoms with Crippen LogP contribution < -0.4 is 5.32 Å². The van der Waals surface area contributed by atoms with E-state index in [1.807, 2.05) is 12.1 Å². The molecule has 0 saturated carbocycles. The van der Waals surface area contributed by atoms with E-state index in [4.69, 9.17) is 11.6 Å². The maximum Gasteiger partial charge on any atom is 0.244 e. The number of imidazole rings is 1. The SMILES string of the molecule is O=C(/C=C/c1ccc(F)cc1)NCc1cn2c(Cl)cccc2n1. The van der Waals surface area contributed by atoms with Gasteiger partial charge in [0.2, 0.25) is 5.91 Å². The molecule has 1 N–H and O–H groups in total. The molecule has 3 aromatic rings. The highest BCUT2D eigenvalue weighted by molar-refractivity contribution is 6.29. The fourth-order valence-electron chi connectivity index (χ4n) is 2.10. The lowest BCUT2D eigenvalue weighted by Gasteiger charge is -1.98. The first-order valence-electron chi connectivity index (χ1n) is 6.96. The number of hydrogen-bond donors (Lipinski definition) is 1. The van der Waals surface area contributed by atoms with Crippen LogP contribution in [-0.4, -0.2) is 15.3 Å². The summed E-state index contributed by atoms with van der Waals surface area (Å²) < 4.78 is 14.5. The quantitative estimate of drug-likeness (QED) is 0.588. The Morgan fingerprint density at radius 3 is 2.78 bits per heavy atom. The third kappa shape index (κ3) is 3.76. The number of fused-ring (bicyclic) bond motifs is 1. The molecule has 0 unspecified atom stereocenters. The largest absolute Gasteiger partial charge is 0.347 e. The van der Waals surface area contributed by atoms with Crippen LogP contribution in [-0.2, 0) is 11.3 Å². The van der Waals surface area contributed by atoms with Crippen LogP contribution in [0.1, 0.15) is 11.3 Å². The topological polar surface area (TPSA) is 46.4 Å². The van der Waals surface area contributed by atoms with Crippen molar-refractivity contribution < 1.29 is 9.18 Å². The first kappa shape index (κ1) is 15.2. The van der Waals surface area contributed by atoms with Gasteiger partial charge in [-0.25, -0.2) is 9.37 Å². The number of pyridine rings is 1. The highest BCUT2D eigenvalue weighted by atomic mass is 35.5. The van der Waals surface area contributed by atoms with Crippen molar-refractivity contribution in [2.75, 3.05) is 0 Å². The number of carbonyl (C=O) groups is 1. The van der Waals surface area contributed by atoms with Crippen molar-refractivity contribution in [3.8, 4) is 0 Å². The average molecular weight is 330 g/mol. The fraction of sp³-hybridized carbons (Fsp3) is 0.0588. The first-order chi connectivity index (χ1) is 11.1. The van der Waals surface area contributed by atoms with Gasteiger partial charge in [-0.15, -0.1) is 0 Å². The van der Waals surface area contributed by atoms with Crippen molar-refractivity contribution in [3.63, 3.8) is 0 Å². The molecule has 0 atom stereocenters. The number of amides is 1. The molecule has 0 fully saturated rings. The summed E-state index contributed by atoms with van der Waals surface area (Å²) in [5, 5.41) is 3.30. The third-order valence-electron chi connectivity index (χ3n) is 3.23. The van der Waals surface area contributed by atoms with Crippen molar-refractivity contribution >= 4 is 29.2 Å². The second-order valence-electron chi connectivity index (χ2n) is 4.91. The highest BCUT2D eigenvalue weighted by Crippen LogP contribution is 2.13. The van der Waals surface area contributed by atoms with Gasteiger partial charge < -0.3 is 5.32 Å². The number of nitrogens with one attached hydrogen (secondary N) is 1. The maximum atomic E-state index is 12.8. The van der Waals surface area contributed by atoms with E-state index in [9.17, 15) is 9.18 Å². The molecule has 3 rings (SSSR count). The van der Waals surface area contributed by atoms with E-state index in [0.29, 0.717) is 17.4 Å². The van der Waals surface area contributed by atoms with E-state index < -0.39 is 0 Å². The van der Waals surface area contributed by atoms with Gasteiger partial charge in [-0.3, -0.25) is 9.20 Å². The summed E-state index contributed by atoms with van der Waals surface area (Å²) in [6.07, 6.45) is 4.80. The lowest BCUT2D eigenvalue weighted by molar-refractivity contribution is -0.116. The molecular formula is C17H13ClFN3O. The standard InChI is InChI=1S/C17H13ClFN3O/c18-15-2-1-3-16-21-14(11-22(15)16)10-20-17(23)9-6-12-4-7-13(19)8-5-12/h1-9,11H,10H2,(H,20,23)/b9-6+. The summed E-state index contributed by atoms with van der Waals surface area (Å²) in [5.74, 6) is -0.561. The predicted octanol–water partition coefficient (Wildman–Crippen LogP) is 3.46. The molecule has 1 aromatic carbocycles. The molecule has 6 heteroatoms. The minimum atomic E-state index is -0.308. The molecule has 0 aliphatic heterocycles. The normalized spacial score (nSPS) is 11.2. The molecule has 4 nitrogen and oxygen atoms in total. The number of rotatable bonds is 4. The van der Waals surface area contributed by atoms with E-state index in [1.54, 1.807) is 34.9 Å². The molecule has 0 radical (unpaired) electrons. The van der Waals surface area contributed by atoms with Crippen molar-refractivity contribution in [1.82, 2.24) is 14.7 Å². The molecule has 0 aliphatic rings. The Balaban J connectivity index is 1.61. The van der Waals surface area contributed by atoms with E-state index in [-0.39, 0.29) is 11.7 Å². The second kappa shape index (κ2) is 6.62. The number of nitrogens with zero attached hydrogens (tertiary/aromatic N) is 2. The van der Waals surface area contributed by atoms with Gasteiger partial charge in [0.1, 0.15) is 16.6 Å². The summed E-state index contributed by atoms with van der Waals surface area (Å²) in [4.78, 5) is 16.2. The fourth-order valence-corrected chi connectivity index (χ4v) is 2.30. The predicted molar refractivity (Wildman–Crippen MR) is 87.5 cm³/mol. The highest BCUT2D eigenvalue weighted by Gasteiger charge is 2.04. The third-order valence-corrected chi connectivity index (χ3v) is 3.54. The van der Waals surface area contributed by atoms with Crippen molar-refractivity contribution in [1.29, 1.82) is 0 Å². The number of hydrogen-bond acceptors (Lipinski definition) is 2. The van der Waals surface area contributed by atoms with Gasteiger partial charge >= 0.3 is 0 Å². The zero-order chi connectivity index (χ0) is 16.2. The Morgan fingerprint density at radius 1 is 1.26 bits per heavy atom. The van der Waals surface area contributed by atoms with Gasteiger partial charge in [-0.1, -0.05) is 29.8 Å². The molecule has 116 valence electrons. The average Bonchev–Trinajstić information content (AvgIpc) is 2.97. The van der Waals surface area contributed by atoms with Crippen LogP contribution in [0.3, 0.4) is 0 Å². The second-order valence-corrected chi connectivity index (χ2v) is 5.30. The number of carbonyl (C=O) groups excluding carboxylic acids is 1. The maximum absolute atomic E-state index is 12.8. The smallest absolute Gasteiger partial charge is 0.244 e. The molecular weight excluding hydrogens is 317 g/mol. The molecule has 0 bridgehead atoms. The summed E-state index contributed by atoms with van der Waals surface area (Å²) >= 11 is 6.06. The molecule has 0 aliphatic carbocycles. The molecule has 0 saturated heterocycles.